The lowest BCUT2D eigenvalue weighted by Gasteiger charge is -2.18. The molecule has 0 saturated heterocycles. The van der Waals surface area contributed by atoms with E-state index in [2.05, 4.69) is 27.8 Å². The van der Waals surface area contributed by atoms with E-state index in [0.717, 1.165) is 38.6 Å². The van der Waals surface area contributed by atoms with Crippen LogP contribution in [0.3, 0.4) is 0 Å². The summed E-state index contributed by atoms with van der Waals surface area (Å²) in [5, 5.41) is 9.87. The number of nitrogens with zero attached hydrogens (tertiary/aromatic N) is 1. The van der Waals surface area contributed by atoms with E-state index in [1.54, 1.807) is 6.07 Å². The SMILES string of the molecule is Cc1cc(Cl)ccc1NC(=O)CSC1=Nc2cccc3cccc(c23)N1. The number of aryl methyl sites for hydroxylation is 1. The number of hydrogen-bond acceptors (Lipinski definition) is 4. The third-order valence-electron chi connectivity index (χ3n) is 4.15. The Kier molecular flexibility index (Phi) is 4.57. The molecular weight excluding hydrogens is 366 g/mol. The quantitative estimate of drug-likeness (QED) is 0.622. The molecule has 0 fully saturated rings. The molecule has 0 radical (unpaired) electrons. The molecule has 4 nitrogen and oxygen atoms in total. The summed E-state index contributed by atoms with van der Waals surface area (Å²) in [5.74, 6) is 0.188. The summed E-state index contributed by atoms with van der Waals surface area (Å²) in [6, 6.07) is 17.6. The van der Waals surface area contributed by atoms with Gasteiger partial charge in [0.2, 0.25) is 5.91 Å². The molecule has 3 aromatic rings. The second-order valence-electron chi connectivity index (χ2n) is 6.02. The number of carbonyl (C=O) groups excluding carboxylic acids is 1. The Balaban J connectivity index is 1.46. The van der Waals surface area contributed by atoms with Gasteiger partial charge < -0.3 is 10.6 Å². The first-order valence-corrected chi connectivity index (χ1v) is 9.53. The fourth-order valence-electron chi connectivity index (χ4n) is 2.93. The highest BCUT2D eigenvalue weighted by molar-refractivity contribution is 8.14. The van der Waals surface area contributed by atoms with E-state index < -0.39 is 0 Å². The van der Waals surface area contributed by atoms with Crippen LogP contribution >= 0.6 is 23.4 Å². The fourth-order valence-corrected chi connectivity index (χ4v) is 3.84. The van der Waals surface area contributed by atoms with Crippen LogP contribution in [0.25, 0.3) is 10.8 Å². The minimum atomic E-state index is -0.0815. The number of hydrogen-bond donors (Lipinski definition) is 2. The Morgan fingerprint density at radius 3 is 2.81 bits per heavy atom. The second kappa shape index (κ2) is 7.02. The largest absolute Gasteiger partial charge is 0.334 e. The molecule has 0 spiro atoms. The van der Waals surface area contributed by atoms with Gasteiger partial charge in [-0.05, 0) is 48.2 Å². The van der Waals surface area contributed by atoms with Crippen LogP contribution in [0.5, 0.6) is 0 Å². The van der Waals surface area contributed by atoms with E-state index in [1.165, 1.54) is 11.8 Å². The molecule has 1 heterocycles. The van der Waals surface area contributed by atoms with Gasteiger partial charge in [0, 0.05) is 16.1 Å². The van der Waals surface area contributed by atoms with Crippen LogP contribution in [0.4, 0.5) is 17.1 Å². The number of benzene rings is 3. The highest BCUT2D eigenvalue weighted by Crippen LogP contribution is 2.36. The number of anilines is 2. The smallest absolute Gasteiger partial charge is 0.234 e. The van der Waals surface area contributed by atoms with E-state index in [0.29, 0.717) is 5.02 Å². The fraction of sp³-hybridized carbons (Fsp3) is 0.100. The van der Waals surface area contributed by atoms with E-state index >= 15 is 0 Å². The molecule has 0 aliphatic carbocycles. The lowest BCUT2D eigenvalue weighted by atomic mass is 10.1. The van der Waals surface area contributed by atoms with E-state index in [9.17, 15) is 4.79 Å². The van der Waals surface area contributed by atoms with Gasteiger partial charge >= 0.3 is 0 Å². The predicted molar refractivity (Wildman–Crippen MR) is 112 cm³/mol. The molecule has 4 rings (SSSR count). The summed E-state index contributed by atoms with van der Waals surface area (Å²) in [7, 11) is 0. The maximum absolute atomic E-state index is 12.3. The molecule has 0 unspecified atom stereocenters. The summed E-state index contributed by atoms with van der Waals surface area (Å²) < 4.78 is 0. The first-order valence-electron chi connectivity index (χ1n) is 8.16. The van der Waals surface area contributed by atoms with Crippen molar-refractivity contribution in [2.24, 2.45) is 4.99 Å². The highest BCUT2D eigenvalue weighted by Gasteiger charge is 2.15. The zero-order valence-electron chi connectivity index (χ0n) is 14.0. The van der Waals surface area contributed by atoms with Gasteiger partial charge in [-0.3, -0.25) is 4.79 Å². The Morgan fingerprint density at radius 2 is 2.00 bits per heavy atom. The van der Waals surface area contributed by atoms with Gasteiger partial charge in [0.1, 0.15) is 0 Å². The first kappa shape index (κ1) is 16.9. The Hall–Kier alpha value is -2.50. The number of nitrogens with one attached hydrogen (secondary N) is 2. The molecule has 0 saturated carbocycles. The molecule has 3 aromatic carbocycles. The molecule has 0 aromatic heterocycles. The van der Waals surface area contributed by atoms with Crippen LogP contribution in [0.1, 0.15) is 5.56 Å². The van der Waals surface area contributed by atoms with Crippen molar-refractivity contribution in [3.63, 3.8) is 0 Å². The Morgan fingerprint density at radius 1 is 1.19 bits per heavy atom. The van der Waals surface area contributed by atoms with Crippen molar-refractivity contribution in [1.29, 1.82) is 0 Å². The van der Waals surface area contributed by atoms with Crippen LogP contribution in [0, 0.1) is 6.92 Å². The molecule has 0 bridgehead atoms. The van der Waals surface area contributed by atoms with Gasteiger partial charge in [-0.25, -0.2) is 4.99 Å². The van der Waals surface area contributed by atoms with E-state index in [1.807, 2.05) is 43.3 Å². The third-order valence-corrected chi connectivity index (χ3v) is 5.26. The molecule has 130 valence electrons. The number of amides is 1. The van der Waals surface area contributed by atoms with Crippen molar-refractivity contribution in [2.75, 3.05) is 16.4 Å². The third kappa shape index (κ3) is 3.41. The van der Waals surface area contributed by atoms with Gasteiger partial charge in [-0.2, -0.15) is 0 Å². The predicted octanol–water partition coefficient (Wildman–Crippen LogP) is 5.59. The summed E-state index contributed by atoms with van der Waals surface area (Å²) >= 11 is 7.33. The second-order valence-corrected chi connectivity index (χ2v) is 7.42. The zero-order valence-corrected chi connectivity index (χ0v) is 15.6. The summed E-state index contributed by atoms with van der Waals surface area (Å²) in [6.07, 6.45) is 0. The number of halogens is 1. The van der Waals surface area contributed by atoms with Crippen molar-refractivity contribution >= 4 is 62.3 Å². The van der Waals surface area contributed by atoms with Gasteiger partial charge in [0.25, 0.3) is 0 Å². The minimum Gasteiger partial charge on any atom is -0.334 e. The Labute approximate surface area is 160 Å². The normalized spacial score (nSPS) is 12.5. The van der Waals surface area contributed by atoms with Gasteiger partial charge in [0.05, 0.1) is 17.1 Å². The topological polar surface area (TPSA) is 53.5 Å². The van der Waals surface area contributed by atoms with Crippen molar-refractivity contribution < 1.29 is 4.79 Å². The molecule has 1 aliphatic heterocycles. The summed E-state index contributed by atoms with van der Waals surface area (Å²) in [4.78, 5) is 16.9. The molecular formula is C20H16ClN3OS. The monoisotopic (exact) mass is 381 g/mol. The lowest BCUT2D eigenvalue weighted by Crippen LogP contribution is -2.19. The maximum atomic E-state index is 12.3. The van der Waals surface area contributed by atoms with Crippen molar-refractivity contribution in [1.82, 2.24) is 0 Å². The van der Waals surface area contributed by atoms with Crippen LogP contribution in [-0.2, 0) is 4.79 Å². The average Bonchev–Trinajstić information content (AvgIpc) is 2.63. The summed E-state index contributed by atoms with van der Waals surface area (Å²) in [5.41, 5.74) is 3.65. The molecule has 1 amide bonds. The van der Waals surface area contributed by atoms with Crippen LogP contribution in [0.2, 0.25) is 5.02 Å². The van der Waals surface area contributed by atoms with Gasteiger partial charge in [-0.1, -0.05) is 47.6 Å². The summed E-state index contributed by atoms with van der Waals surface area (Å²) in [6.45, 7) is 1.92. The van der Waals surface area contributed by atoms with Crippen molar-refractivity contribution in [3.8, 4) is 0 Å². The zero-order chi connectivity index (χ0) is 18.1. The van der Waals surface area contributed by atoms with Crippen molar-refractivity contribution in [3.05, 3.63) is 65.2 Å². The number of thioether (sulfide) groups is 1. The number of amidine groups is 1. The standard InChI is InChI=1S/C20H16ClN3OS/c1-12-10-14(21)8-9-15(12)22-18(25)11-26-20-23-16-6-2-4-13-5-3-7-17(24-20)19(13)16/h2-10H,11H2,1H3,(H,22,25)(H,23,24). The van der Waals surface area contributed by atoms with E-state index in [-0.39, 0.29) is 11.7 Å². The number of aliphatic imine (C=N–C) groups is 1. The molecule has 26 heavy (non-hydrogen) atoms. The van der Waals surface area contributed by atoms with E-state index in [4.69, 9.17) is 11.6 Å². The minimum absolute atomic E-state index is 0.0815. The maximum Gasteiger partial charge on any atom is 0.234 e. The molecule has 0 atom stereocenters. The lowest BCUT2D eigenvalue weighted by molar-refractivity contribution is -0.113. The van der Waals surface area contributed by atoms with Gasteiger partial charge in [0.15, 0.2) is 5.17 Å². The van der Waals surface area contributed by atoms with Crippen LogP contribution in [-0.4, -0.2) is 16.8 Å². The van der Waals surface area contributed by atoms with Crippen LogP contribution in [0.15, 0.2) is 59.6 Å². The molecule has 1 aliphatic rings. The average molecular weight is 382 g/mol. The van der Waals surface area contributed by atoms with Crippen LogP contribution < -0.4 is 10.6 Å². The van der Waals surface area contributed by atoms with Gasteiger partial charge in [-0.15, -0.1) is 0 Å². The number of rotatable bonds is 3. The highest BCUT2D eigenvalue weighted by atomic mass is 35.5. The first-order chi connectivity index (χ1) is 12.6. The molecule has 2 N–H and O–H groups in total. The number of carbonyl (C=O) groups is 1. The van der Waals surface area contributed by atoms with Crippen molar-refractivity contribution in [2.45, 2.75) is 6.92 Å². The Bertz CT molecular complexity index is 1040. The molecule has 6 heteroatoms.